The highest BCUT2D eigenvalue weighted by molar-refractivity contribution is 5.31. The minimum Gasteiger partial charge on any atom is -0.376 e. The summed E-state index contributed by atoms with van der Waals surface area (Å²) in [4.78, 5) is 0. The Kier molecular flexibility index (Phi) is 4.78. The first-order valence-electron chi connectivity index (χ1n) is 5.87. The normalized spacial score (nSPS) is 16.4. The highest BCUT2D eigenvalue weighted by Gasteiger charge is 2.37. The Hall–Kier alpha value is -1.04. The number of hydrazine groups is 1. The van der Waals surface area contributed by atoms with Gasteiger partial charge in [0.25, 0.3) is 0 Å². The monoisotopic (exact) mass is 258 g/mol. The lowest BCUT2D eigenvalue weighted by Crippen LogP contribution is -2.46. The number of rotatable bonds is 5. The molecule has 102 valence electrons. The maximum Gasteiger partial charge on any atom is 0.133 e. The van der Waals surface area contributed by atoms with Gasteiger partial charge in [0, 0.05) is 12.7 Å². The van der Waals surface area contributed by atoms with E-state index in [0.717, 1.165) is 0 Å². The molecule has 1 aromatic rings. The van der Waals surface area contributed by atoms with Gasteiger partial charge in [-0.2, -0.15) is 0 Å². The summed E-state index contributed by atoms with van der Waals surface area (Å²) >= 11 is 0. The molecule has 18 heavy (non-hydrogen) atoms. The van der Waals surface area contributed by atoms with Crippen molar-refractivity contribution in [1.29, 1.82) is 0 Å². The predicted molar refractivity (Wildman–Crippen MR) is 66.9 cm³/mol. The molecule has 1 aromatic carbocycles. The molecule has 0 aliphatic rings. The standard InChI is InChI=1S/C13H20F2N2O/c1-5-13(3,18-4)12(17-16)10-9(14)7-6-8(2)11(10)15/h6-7,12,17H,5,16H2,1-4H3. The van der Waals surface area contributed by atoms with Crippen LogP contribution in [0.1, 0.15) is 37.4 Å². The van der Waals surface area contributed by atoms with Crippen molar-refractivity contribution in [2.75, 3.05) is 7.11 Å². The van der Waals surface area contributed by atoms with Gasteiger partial charge in [-0.15, -0.1) is 0 Å². The fourth-order valence-corrected chi connectivity index (χ4v) is 1.97. The summed E-state index contributed by atoms with van der Waals surface area (Å²) < 4.78 is 33.4. The molecule has 2 atom stereocenters. The maximum atomic E-state index is 14.1. The van der Waals surface area contributed by atoms with Crippen LogP contribution in [0.25, 0.3) is 0 Å². The topological polar surface area (TPSA) is 47.3 Å². The van der Waals surface area contributed by atoms with Crippen LogP contribution < -0.4 is 11.3 Å². The van der Waals surface area contributed by atoms with Crippen molar-refractivity contribution in [3.05, 3.63) is 34.9 Å². The molecule has 0 amide bonds. The van der Waals surface area contributed by atoms with Gasteiger partial charge in [-0.1, -0.05) is 13.0 Å². The molecule has 0 spiro atoms. The first-order chi connectivity index (χ1) is 8.41. The van der Waals surface area contributed by atoms with E-state index in [1.54, 1.807) is 13.8 Å². The number of methoxy groups -OCH3 is 1. The summed E-state index contributed by atoms with van der Waals surface area (Å²) in [6, 6.07) is 1.88. The Balaban J connectivity index is 3.38. The lowest BCUT2D eigenvalue weighted by atomic mass is 9.87. The van der Waals surface area contributed by atoms with Crippen molar-refractivity contribution in [2.24, 2.45) is 5.84 Å². The molecule has 5 heteroatoms. The number of hydrogen-bond acceptors (Lipinski definition) is 3. The zero-order valence-electron chi connectivity index (χ0n) is 11.2. The third-order valence-corrected chi connectivity index (χ3v) is 3.55. The molecule has 2 unspecified atom stereocenters. The van der Waals surface area contributed by atoms with Gasteiger partial charge in [-0.25, -0.2) is 14.2 Å². The van der Waals surface area contributed by atoms with Gasteiger partial charge in [0.2, 0.25) is 0 Å². The average Bonchev–Trinajstić information content (AvgIpc) is 2.38. The Labute approximate surface area is 106 Å². The third kappa shape index (κ3) is 2.53. The van der Waals surface area contributed by atoms with Gasteiger partial charge >= 0.3 is 0 Å². The van der Waals surface area contributed by atoms with Crippen molar-refractivity contribution < 1.29 is 13.5 Å². The molecule has 0 aromatic heterocycles. The Morgan fingerprint density at radius 1 is 1.44 bits per heavy atom. The number of aryl methyl sites for hydroxylation is 1. The van der Waals surface area contributed by atoms with Gasteiger partial charge < -0.3 is 4.74 Å². The molecule has 0 bridgehead atoms. The second-order valence-corrected chi connectivity index (χ2v) is 4.56. The number of nitrogens with one attached hydrogen (secondary N) is 1. The van der Waals surface area contributed by atoms with Gasteiger partial charge in [0.1, 0.15) is 11.6 Å². The van der Waals surface area contributed by atoms with Crippen LogP contribution >= 0.6 is 0 Å². The van der Waals surface area contributed by atoms with Crippen LogP contribution in [0.2, 0.25) is 0 Å². The fraction of sp³-hybridized carbons (Fsp3) is 0.538. The Bertz CT molecular complexity index is 420. The SMILES string of the molecule is CCC(C)(OC)C(NN)c1c(F)ccc(C)c1F. The minimum absolute atomic E-state index is 0.0799. The summed E-state index contributed by atoms with van der Waals surface area (Å²) in [5.74, 6) is 4.25. The molecule has 0 aliphatic heterocycles. The second kappa shape index (κ2) is 5.73. The van der Waals surface area contributed by atoms with Crippen molar-refractivity contribution in [2.45, 2.75) is 38.8 Å². The first kappa shape index (κ1) is 15.0. The number of hydrogen-bond donors (Lipinski definition) is 2. The highest BCUT2D eigenvalue weighted by Crippen LogP contribution is 2.34. The van der Waals surface area contributed by atoms with Crippen LogP contribution in [-0.4, -0.2) is 12.7 Å². The summed E-state index contributed by atoms with van der Waals surface area (Å²) in [6.45, 7) is 5.22. The highest BCUT2D eigenvalue weighted by atomic mass is 19.1. The molecular formula is C13H20F2N2O. The van der Waals surface area contributed by atoms with E-state index in [1.807, 2.05) is 6.92 Å². The van der Waals surface area contributed by atoms with E-state index in [0.29, 0.717) is 12.0 Å². The van der Waals surface area contributed by atoms with E-state index < -0.39 is 23.3 Å². The van der Waals surface area contributed by atoms with Gasteiger partial charge in [-0.3, -0.25) is 5.84 Å². The van der Waals surface area contributed by atoms with E-state index >= 15 is 0 Å². The molecule has 0 aliphatic carbocycles. The van der Waals surface area contributed by atoms with E-state index in [-0.39, 0.29) is 5.56 Å². The van der Waals surface area contributed by atoms with Crippen LogP contribution in [0.3, 0.4) is 0 Å². The quantitative estimate of drug-likeness (QED) is 0.630. The zero-order chi connectivity index (χ0) is 13.9. The van der Waals surface area contributed by atoms with Gasteiger partial charge in [0.05, 0.1) is 11.6 Å². The maximum absolute atomic E-state index is 14.1. The molecule has 0 heterocycles. The van der Waals surface area contributed by atoms with Crippen LogP contribution in [0.4, 0.5) is 8.78 Å². The predicted octanol–water partition coefficient (Wildman–Crippen LogP) is 2.59. The first-order valence-corrected chi connectivity index (χ1v) is 5.87. The smallest absolute Gasteiger partial charge is 0.133 e. The summed E-state index contributed by atoms with van der Waals surface area (Å²) in [5.41, 5.74) is 1.97. The third-order valence-electron chi connectivity index (χ3n) is 3.55. The van der Waals surface area contributed by atoms with Crippen LogP contribution in [0.5, 0.6) is 0 Å². The molecule has 0 fully saturated rings. The summed E-state index contributed by atoms with van der Waals surface area (Å²) in [5, 5.41) is 0. The van der Waals surface area contributed by atoms with Gasteiger partial charge in [0.15, 0.2) is 0 Å². The average molecular weight is 258 g/mol. The minimum atomic E-state index is -0.787. The van der Waals surface area contributed by atoms with Crippen LogP contribution in [0.15, 0.2) is 12.1 Å². The number of nitrogens with two attached hydrogens (primary N) is 1. The second-order valence-electron chi connectivity index (χ2n) is 4.56. The van der Waals surface area contributed by atoms with Crippen molar-refractivity contribution in [3.8, 4) is 0 Å². The Morgan fingerprint density at radius 2 is 2.06 bits per heavy atom. The molecule has 0 saturated heterocycles. The molecular weight excluding hydrogens is 238 g/mol. The lowest BCUT2D eigenvalue weighted by molar-refractivity contribution is -0.0318. The van der Waals surface area contributed by atoms with E-state index in [9.17, 15) is 8.78 Å². The Morgan fingerprint density at radius 3 is 2.50 bits per heavy atom. The molecule has 0 radical (unpaired) electrons. The van der Waals surface area contributed by atoms with Gasteiger partial charge in [-0.05, 0) is 31.9 Å². The van der Waals surface area contributed by atoms with Crippen molar-refractivity contribution in [3.63, 3.8) is 0 Å². The van der Waals surface area contributed by atoms with Crippen molar-refractivity contribution >= 4 is 0 Å². The largest absolute Gasteiger partial charge is 0.376 e. The van der Waals surface area contributed by atoms with Crippen LogP contribution in [-0.2, 0) is 4.74 Å². The van der Waals surface area contributed by atoms with E-state index in [1.165, 1.54) is 19.2 Å². The van der Waals surface area contributed by atoms with E-state index in [2.05, 4.69) is 5.43 Å². The molecule has 0 saturated carbocycles. The summed E-state index contributed by atoms with van der Waals surface area (Å²) in [7, 11) is 1.50. The number of benzene rings is 1. The fourth-order valence-electron chi connectivity index (χ4n) is 1.97. The van der Waals surface area contributed by atoms with Crippen molar-refractivity contribution in [1.82, 2.24) is 5.43 Å². The molecule has 1 rings (SSSR count). The summed E-state index contributed by atoms with van der Waals surface area (Å²) in [6.07, 6.45) is 0.561. The molecule has 3 N–H and O–H groups in total. The zero-order valence-corrected chi connectivity index (χ0v) is 11.2. The number of ether oxygens (including phenoxy) is 1. The van der Waals surface area contributed by atoms with Crippen LogP contribution in [0, 0.1) is 18.6 Å². The molecule has 3 nitrogen and oxygen atoms in total. The number of halogens is 2. The van der Waals surface area contributed by atoms with E-state index in [4.69, 9.17) is 10.6 Å². The lowest BCUT2D eigenvalue weighted by Gasteiger charge is -2.36.